The van der Waals surface area contributed by atoms with E-state index in [0.717, 1.165) is 12.0 Å². The number of carbonyl (C=O) groups is 2. The van der Waals surface area contributed by atoms with Crippen molar-refractivity contribution in [3.05, 3.63) is 99.1 Å². The Labute approximate surface area is 198 Å². The minimum atomic E-state index is -0.503. The lowest BCUT2D eigenvalue weighted by Gasteiger charge is -2.36. The Morgan fingerprint density at radius 2 is 1.79 bits per heavy atom. The van der Waals surface area contributed by atoms with Crippen molar-refractivity contribution in [3.63, 3.8) is 0 Å². The summed E-state index contributed by atoms with van der Waals surface area (Å²) in [5.74, 6) is -0.453. The van der Waals surface area contributed by atoms with Crippen molar-refractivity contribution in [2.24, 2.45) is 0 Å². The molecule has 0 saturated carbocycles. The third kappa shape index (κ3) is 5.06. The molecular formula is C26H26N4O4. The van der Waals surface area contributed by atoms with Crippen LogP contribution < -0.4 is 10.2 Å². The number of rotatable bonds is 6. The van der Waals surface area contributed by atoms with E-state index < -0.39 is 10.8 Å². The molecule has 8 nitrogen and oxygen atoms in total. The van der Waals surface area contributed by atoms with Gasteiger partial charge < -0.3 is 10.2 Å². The van der Waals surface area contributed by atoms with Crippen LogP contribution in [0.3, 0.4) is 0 Å². The zero-order chi connectivity index (χ0) is 24.2. The normalized spacial score (nSPS) is 13.6. The molecule has 3 aromatic rings. The van der Waals surface area contributed by atoms with Crippen LogP contribution in [0.15, 0.2) is 66.7 Å². The van der Waals surface area contributed by atoms with Crippen LogP contribution in [0.1, 0.15) is 33.5 Å². The maximum absolute atomic E-state index is 13.2. The summed E-state index contributed by atoms with van der Waals surface area (Å²) in [6.07, 6.45) is 0.835. The second kappa shape index (κ2) is 9.74. The molecule has 1 aliphatic rings. The standard InChI is InChI=1S/C26H26N4O4/c1-18-7-10-20(11-8-18)17-28-13-4-14-29(26(28)32)23-6-3-5-22(16-23)27-25(31)21-12-9-19(2)24(15-21)30(33)34/h3,5-12,15-16H,4,13-14,17H2,1-2H3,(H,27,31). The van der Waals surface area contributed by atoms with Crippen molar-refractivity contribution in [2.75, 3.05) is 23.3 Å². The van der Waals surface area contributed by atoms with E-state index in [9.17, 15) is 19.7 Å². The van der Waals surface area contributed by atoms with Gasteiger partial charge in [0.25, 0.3) is 11.6 Å². The number of nitro benzene ring substituents is 1. The molecule has 0 spiro atoms. The highest BCUT2D eigenvalue weighted by molar-refractivity contribution is 6.05. The molecule has 0 unspecified atom stereocenters. The molecule has 0 radical (unpaired) electrons. The van der Waals surface area contributed by atoms with E-state index in [0.29, 0.717) is 36.6 Å². The molecule has 0 bridgehead atoms. The molecule has 8 heteroatoms. The Balaban J connectivity index is 1.49. The van der Waals surface area contributed by atoms with Gasteiger partial charge in [-0.05, 0) is 50.1 Å². The largest absolute Gasteiger partial charge is 0.324 e. The smallest absolute Gasteiger partial charge is 0.322 e. The molecule has 4 rings (SSSR count). The molecule has 34 heavy (non-hydrogen) atoms. The van der Waals surface area contributed by atoms with Gasteiger partial charge in [-0.1, -0.05) is 42.0 Å². The molecule has 1 N–H and O–H groups in total. The molecule has 174 valence electrons. The van der Waals surface area contributed by atoms with E-state index in [-0.39, 0.29) is 17.3 Å². The average molecular weight is 459 g/mol. The summed E-state index contributed by atoms with van der Waals surface area (Å²) in [6, 6.07) is 19.5. The summed E-state index contributed by atoms with van der Waals surface area (Å²) in [4.78, 5) is 40.1. The van der Waals surface area contributed by atoms with Gasteiger partial charge in [-0.25, -0.2) is 4.79 Å². The molecule has 0 aliphatic carbocycles. The predicted molar refractivity (Wildman–Crippen MR) is 131 cm³/mol. The first kappa shape index (κ1) is 23.0. The first-order valence-electron chi connectivity index (χ1n) is 11.1. The van der Waals surface area contributed by atoms with Crippen LogP contribution >= 0.6 is 0 Å². The van der Waals surface area contributed by atoms with Crippen LogP contribution in [-0.4, -0.2) is 34.9 Å². The average Bonchev–Trinajstić information content (AvgIpc) is 2.82. The number of urea groups is 1. The molecule has 0 atom stereocenters. The predicted octanol–water partition coefficient (Wildman–Crippen LogP) is 5.30. The number of nitrogens with zero attached hydrogens (tertiary/aromatic N) is 3. The van der Waals surface area contributed by atoms with Gasteiger partial charge in [0.15, 0.2) is 0 Å². The number of nitro groups is 1. The van der Waals surface area contributed by atoms with Crippen LogP contribution in [-0.2, 0) is 6.54 Å². The number of amides is 3. The molecular weight excluding hydrogens is 432 g/mol. The maximum atomic E-state index is 13.2. The summed E-state index contributed by atoms with van der Waals surface area (Å²) in [5.41, 5.74) is 4.03. The highest BCUT2D eigenvalue weighted by Crippen LogP contribution is 2.25. The first-order valence-corrected chi connectivity index (χ1v) is 11.1. The monoisotopic (exact) mass is 458 g/mol. The second-order valence-corrected chi connectivity index (χ2v) is 8.46. The lowest BCUT2D eigenvalue weighted by molar-refractivity contribution is -0.385. The third-order valence-electron chi connectivity index (χ3n) is 5.89. The van der Waals surface area contributed by atoms with E-state index in [1.54, 1.807) is 42.2 Å². The van der Waals surface area contributed by atoms with Gasteiger partial charge in [-0.3, -0.25) is 19.8 Å². The number of nitrogens with one attached hydrogen (secondary N) is 1. The minimum absolute atomic E-state index is 0.0792. The van der Waals surface area contributed by atoms with E-state index in [1.807, 2.05) is 42.2 Å². The number of hydrogen-bond acceptors (Lipinski definition) is 4. The van der Waals surface area contributed by atoms with Gasteiger partial charge in [0.05, 0.1) is 4.92 Å². The van der Waals surface area contributed by atoms with Gasteiger partial charge in [0.1, 0.15) is 0 Å². The van der Waals surface area contributed by atoms with Crippen LogP contribution in [0.4, 0.5) is 21.9 Å². The number of anilines is 2. The first-order chi connectivity index (χ1) is 16.3. The van der Waals surface area contributed by atoms with Crippen LogP contribution in [0, 0.1) is 24.0 Å². The molecule has 1 heterocycles. The molecule has 1 fully saturated rings. The van der Waals surface area contributed by atoms with Crippen molar-refractivity contribution in [1.82, 2.24) is 4.90 Å². The summed E-state index contributed by atoms with van der Waals surface area (Å²) in [5, 5.41) is 14.0. The number of hydrogen-bond donors (Lipinski definition) is 1. The molecule has 1 aliphatic heterocycles. The number of aryl methyl sites for hydroxylation is 2. The zero-order valence-corrected chi connectivity index (χ0v) is 19.2. The molecule has 3 amide bonds. The van der Waals surface area contributed by atoms with Crippen LogP contribution in [0.2, 0.25) is 0 Å². The Kier molecular flexibility index (Phi) is 6.58. The third-order valence-corrected chi connectivity index (χ3v) is 5.89. The number of carbonyl (C=O) groups excluding carboxylic acids is 2. The van der Waals surface area contributed by atoms with Crippen molar-refractivity contribution < 1.29 is 14.5 Å². The quantitative estimate of drug-likeness (QED) is 0.401. The second-order valence-electron chi connectivity index (χ2n) is 8.46. The fourth-order valence-electron chi connectivity index (χ4n) is 3.98. The summed E-state index contributed by atoms with van der Waals surface area (Å²) in [7, 11) is 0. The Morgan fingerprint density at radius 1 is 1.03 bits per heavy atom. The lowest BCUT2D eigenvalue weighted by atomic mass is 10.1. The van der Waals surface area contributed by atoms with Crippen molar-refractivity contribution in [2.45, 2.75) is 26.8 Å². The fourth-order valence-corrected chi connectivity index (χ4v) is 3.98. The lowest BCUT2D eigenvalue weighted by Crippen LogP contribution is -2.49. The van der Waals surface area contributed by atoms with Crippen molar-refractivity contribution >= 4 is 29.0 Å². The summed E-state index contributed by atoms with van der Waals surface area (Å²) >= 11 is 0. The molecule has 1 saturated heterocycles. The Bertz CT molecular complexity index is 1240. The minimum Gasteiger partial charge on any atom is -0.322 e. The maximum Gasteiger partial charge on any atom is 0.324 e. The summed E-state index contributed by atoms with van der Waals surface area (Å²) < 4.78 is 0. The molecule has 0 aromatic heterocycles. The Hall–Kier alpha value is -4.20. The van der Waals surface area contributed by atoms with Gasteiger partial charge in [0, 0.05) is 48.2 Å². The number of benzene rings is 3. The molecule has 3 aromatic carbocycles. The highest BCUT2D eigenvalue weighted by atomic mass is 16.6. The van der Waals surface area contributed by atoms with Gasteiger partial charge in [0.2, 0.25) is 0 Å². The van der Waals surface area contributed by atoms with Crippen LogP contribution in [0.5, 0.6) is 0 Å². The van der Waals surface area contributed by atoms with Crippen LogP contribution in [0.25, 0.3) is 0 Å². The highest BCUT2D eigenvalue weighted by Gasteiger charge is 2.27. The zero-order valence-electron chi connectivity index (χ0n) is 19.2. The van der Waals surface area contributed by atoms with Gasteiger partial charge >= 0.3 is 6.03 Å². The van der Waals surface area contributed by atoms with E-state index in [4.69, 9.17) is 0 Å². The van der Waals surface area contributed by atoms with E-state index in [2.05, 4.69) is 5.32 Å². The van der Waals surface area contributed by atoms with E-state index >= 15 is 0 Å². The van der Waals surface area contributed by atoms with Gasteiger partial charge in [-0.2, -0.15) is 0 Å². The SMILES string of the molecule is Cc1ccc(CN2CCCN(c3cccc(NC(=O)c4ccc(C)c([N+](=O)[O-])c4)c3)C2=O)cc1. The van der Waals surface area contributed by atoms with E-state index in [1.165, 1.54) is 11.6 Å². The fraction of sp³-hybridized carbons (Fsp3) is 0.231. The van der Waals surface area contributed by atoms with Crippen molar-refractivity contribution in [3.8, 4) is 0 Å². The van der Waals surface area contributed by atoms with Crippen molar-refractivity contribution in [1.29, 1.82) is 0 Å². The topological polar surface area (TPSA) is 95.8 Å². The Morgan fingerprint density at radius 3 is 2.53 bits per heavy atom. The van der Waals surface area contributed by atoms with Gasteiger partial charge in [-0.15, -0.1) is 0 Å². The summed E-state index contributed by atoms with van der Waals surface area (Å²) in [6.45, 7) is 5.47.